The molecule has 2 fully saturated rings. The van der Waals surface area contributed by atoms with Gasteiger partial charge in [0, 0.05) is 12.6 Å². The summed E-state index contributed by atoms with van der Waals surface area (Å²) in [6, 6.07) is 0.626. The van der Waals surface area contributed by atoms with Crippen LogP contribution in [-0.2, 0) is 0 Å². The Balaban J connectivity index is 1.67. The van der Waals surface area contributed by atoms with Gasteiger partial charge >= 0.3 is 0 Å². The summed E-state index contributed by atoms with van der Waals surface area (Å²) in [4.78, 5) is 2.58. The second-order valence-electron chi connectivity index (χ2n) is 5.93. The van der Waals surface area contributed by atoms with Crippen LogP contribution in [0, 0.1) is 0 Å². The Morgan fingerprint density at radius 2 is 2.06 bits per heavy atom. The van der Waals surface area contributed by atoms with Crippen molar-refractivity contribution >= 4 is 0 Å². The SMILES string of the molecule is CCCN1CCCC(NCC2(O)CCC2)CC1. The Hall–Kier alpha value is -0.120. The highest BCUT2D eigenvalue weighted by atomic mass is 16.3. The maximum atomic E-state index is 10.1. The van der Waals surface area contributed by atoms with Crippen molar-refractivity contribution in [2.75, 3.05) is 26.2 Å². The smallest absolute Gasteiger partial charge is 0.0771 e. The minimum atomic E-state index is -0.366. The first-order valence-corrected chi connectivity index (χ1v) is 7.40. The average Bonchev–Trinajstić information content (AvgIpc) is 2.50. The molecule has 0 aromatic carbocycles. The molecule has 2 rings (SSSR count). The van der Waals surface area contributed by atoms with E-state index in [9.17, 15) is 5.11 Å². The molecule has 1 unspecified atom stereocenters. The molecule has 2 N–H and O–H groups in total. The van der Waals surface area contributed by atoms with Crippen molar-refractivity contribution in [3.8, 4) is 0 Å². The van der Waals surface area contributed by atoms with Crippen molar-refractivity contribution in [2.45, 2.75) is 63.5 Å². The third kappa shape index (κ3) is 3.94. The first-order valence-electron chi connectivity index (χ1n) is 7.40. The van der Waals surface area contributed by atoms with Gasteiger partial charge in [-0.15, -0.1) is 0 Å². The zero-order valence-electron chi connectivity index (χ0n) is 11.2. The third-order valence-corrected chi connectivity index (χ3v) is 4.36. The summed E-state index contributed by atoms with van der Waals surface area (Å²) in [5.74, 6) is 0. The minimum Gasteiger partial charge on any atom is -0.389 e. The van der Waals surface area contributed by atoms with Crippen molar-refractivity contribution in [3.63, 3.8) is 0 Å². The molecule has 0 bridgehead atoms. The van der Waals surface area contributed by atoms with E-state index in [-0.39, 0.29) is 5.60 Å². The molecule has 2 aliphatic rings. The van der Waals surface area contributed by atoms with Gasteiger partial charge in [-0.25, -0.2) is 0 Å². The highest BCUT2D eigenvalue weighted by Gasteiger charge is 2.34. The van der Waals surface area contributed by atoms with Crippen molar-refractivity contribution in [3.05, 3.63) is 0 Å². The first kappa shape index (κ1) is 13.3. The first-order chi connectivity index (χ1) is 8.22. The quantitative estimate of drug-likeness (QED) is 0.768. The maximum Gasteiger partial charge on any atom is 0.0771 e. The lowest BCUT2D eigenvalue weighted by Gasteiger charge is -2.38. The average molecular weight is 240 g/mol. The lowest BCUT2D eigenvalue weighted by molar-refractivity contribution is -0.0334. The molecule has 0 aromatic rings. The number of hydrogen-bond donors (Lipinski definition) is 2. The highest BCUT2D eigenvalue weighted by molar-refractivity contribution is 4.90. The summed E-state index contributed by atoms with van der Waals surface area (Å²) in [6.07, 6.45) is 8.27. The molecular weight excluding hydrogens is 212 g/mol. The second kappa shape index (κ2) is 6.17. The summed E-state index contributed by atoms with van der Waals surface area (Å²) >= 11 is 0. The molecule has 3 nitrogen and oxygen atoms in total. The van der Waals surface area contributed by atoms with Gasteiger partial charge in [-0.2, -0.15) is 0 Å². The molecule has 3 heteroatoms. The van der Waals surface area contributed by atoms with Gasteiger partial charge in [0.05, 0.1) is 5.60 Å². The van der Waals surface area contributed by atoms with Crippen LogP contribution < -0.4 is 5.32 Å². The zero-order valence-corrected chi connectivity index (χ0v) is 11.2. The molecule has 0 amide bonds. The number of nitrogens with zero attached hydrogens (tertiary/aromatic N) is 1. The van der Waals surface area contributed by atoms with Crippen LogP contribution in [0.1, 0.15) is 51.9 Å². The molecule has 1 saturated carbocycles. The van der Waals surface area contributed by atoms with Gasteiger partial charge in [-0.3, -0.25) is 0 Å². The van der Waals surface area contributed by atoms with E-state index in [2.05, 4.69) is 17.1 Å². The molecule has 100 valence electrons. The van der Waals surface area contributed by atoms with Crippen LogP contribution in [0.25, 0.3) is 0 Å². The molecule has 0 spiro atoms. The Kier molecular flexibility index (Phi) is 4.83. The standard InChI is InChI=1S/C14H28N2O/c1-2-9-16-10-3-5-13(6-11-16)15-12-14(17)7-4-8-14/h13,15,17H,2-12H2,1H3. The molecule has 0 radical (unpaired) electrons. The van der Waals surface area contributed by atoms with Gasteiger partial charge in [-0.05, 0) is 64.6 Å². The fraction of sp³-hybridized carbons (Fsp3) is 1.00. The van der Waals surface area contributed by atoms with Crippen molar-refractivity contribution < 1.29 is 5.11 Å². The molecular formula is C14H28N2O. The number of aliphatic hydroxyl groups is 1. The Bertz CT molecular complexity index is 228. The van der Waals surface area contributed by atoms with Crippen LogP contribution in [0.5, 0.6) is 0 Å². The maximum absolute atomic E-state index is 10.1. The normalized spacial score (nSPS) is 29.6. The number of likely N-dealkylation sites (tertiary alicyclic amines) is 1. The molecule has 1 atom stereocenters. The topological polar surface area (TPSA) is 35.5 Å². The largest absolute Gasteiger partial charge is 0.389 e. The minimum absolute atomic E-state index is 0.366. The molecule has 1 heterocycles. The zero-order chi connectivity index (χ0) is 12.1. The molecule has 1 aliphatic carbocycles. The summed E-state index contributed by atoms with van der Waals surface area (Å²) in [6.45, 7) is 6.80. The van der Waals surface area contributed by atoms with Crippen LogP contribution in [0.2, 0.25) is 0 Å². The summed E-state index contributed by atoms with van der Waals surface area (Å²) in [5.41, 5.74) is -0.366. The lowest BCUT2D eigenvalue weighted by atomic mass is 9.80. The second-order valence-corrected chi connectivity index (χ2v) is 5.93. The predicted octanol–water partition coefficient (Wildman–Crippen LogP) is 1.76. The molecule has 1 saturated heterocycles. The van der Waals surface area contributed by atoms with Gasteiger partial charge in [0.15, 0.2) is 0 Å². The summed E-state index contributed by atoms with van der Waals surface area (Å²) in [5, 5.41) is 13.7. The van der Waals surface area contributed by atoms with Crippen molar-refractivity contribution in [1.82, 2.24) is 10.2 Å². The van der Waals surface area contributed by atoms with Crippen molar-refractivity contribution in [1.29, 1.82) is 0 Å². The predicted molar refractivity (Wildman–Crippen MR) is 71.2 cm³/mol. The number of hydrogen-bond acceptors (Lipinski definition) is 3. The van der Waals surface area contributed by atoms with E-state index in [1.165, 1.54) is 51.7 Å². The van der Waals surface area contributed by atoms with Gasteiger partial charge in [0.2, 0.25) is 0 Å². The van der Waals surface area contributed by atoms with E-state index < -0.39 is 0 Å². The number of rotatable bonds is 5. The van der Waals surface area contributed by atoms with E-state index in [4.69, 9.17) is 0 Å². The van der Waals surface area contributed by atoms with E-state index >= 15 is 0 Å². The van der Waals surface area contributed by atoms with Gasteiger partial charge in [0.25, 0.3) is 0 Å². The Labute approximate surface area is 106 Å². The Morgan fingerprint density at radius 3 is 2.71 bits per heavy atom. The van der Waals surface area contributed by atoms with E-state index in [1.807, 2.05) is 0 Å². The molecule has 0 aromatic heterocycles. The monoisotopic (exact) mass is 240 g/mol. The third-order valence-electron chi connectivity index (χ3n) is 4.36. The van der Waals surface area contributed by atoms with Crippen LogP contribution in [0.4, 0.5) is 0 Å². The van der Waals surface area contributed by atoms with E-state index in [1.54, 1.807) is 0 Å². The number of nitrogens with one attached hydrogen (secondary N) is 1. The van der Waals surface area contributed by atoms with Crippen molar-refractivity contribution in [2.24, 2.45) is 0 Å². The molecule has 17 heavy (non-hydrogen) atoms. The van der Waals surface area contributed by atoms with Crippen LogP contribution >= 0.6 is 0 Å². The van der Waals surface area contributed by atoms with Gasteiger partial charge in [0.1, 0.15) is 0 Å². The van der Waals surface area contributed by atoms with E-state index in [0.29, 0.717) is 6.04 Å². The Morgan fingerprint density at radius 1 is 1.24 bits per heavy atom. The fourth-order valence-corrected chi connectivity index (χ4v) is 3.00. The van der Waals surface area contributed by atoms with Crippen LogP contribution in [-0.4, -0.2) is 47.8 Å². The summed E-state index contributed by atoms with van der Waals surface area (Å²) < 4.78 is 0. The lowest BCUT2D eigenvalue weighted by Crippen LogP contribution is -2.49. The van der Waals surface area contributed by atoms with Gasteiger partial charge in [-0.1, -0.05) is 6.92 Å². The van der Waals surface area contributed by atoms with Gasteiger partial charge < -0.3 is 15.3 Å². The highest BCUT2D eigenvalue weighted by Crippen LogP contribution is 2.30. The summed E-state index contributed by atoms with van der Waals surface area (Å²) in [7, 11) is 0. The fourth-order valence-electron chi connectivity index (χ4n) is 3.00. The van der Waals surface area contributed by atoms with Crippen LogP contribution in [0.3, 0.4) is 0 Å². The van der Waals surface area contributed by atoms with E-state index in [0.717, 1.165) is 19.4 Å². The van der Waals surface area contributed by atoms with Crippen LogP contribution in [0.15, 0.2) is 0 Å². The molecule has 1 aliphatic heterocycles.